The Labute approximate surface area is 130 Å². The zero-order valence-corrected chi connectivity index (χ0v) is 13.4. The minimum atomic E-state index is -3.57. The summed E-state index contributed by atoms with van der Waals surface area (Å²) >= 11 is 4.79. The average molecular weight is 329 g/mol. The van der Waals surface area contributed by atoms with Crippen molar-refractivity contribution in [1.82, 2.24) is 9.71 Å². The van der Waals surface area contributed by atoms with Crippen molar-refractivity contribution in [3.05, 3.63) is 24.0 Å². The molecule has 3 N–H and O–H groups in total. The quantitative estimate of drug-likeness (QED) is 0.750. The first kappa shape index (κ1) is 16.3. The fraction of sp³-hybridized carbons (Fsp3) is 0.538. The summed E-state index contributed by atoms with van der Waals surface area (Å²) in [6.45, 7) is 3.10. The molecule has 0 saturated carbocycles. The Morgan fingerprint density at radius 3 is 2.90 bits per heavy atom. The van der Waals surface area contributed by atoms with Crippen LogP contribution in [0.1, 0.15) is 25.5 Å². The SMILES string of the molecule is CCC1OCCC1CNS(=O)(=O)c1ccc(C(N)=S)nc1. The third-order valence-electron chi connectivity index (χ3n) is 3.58. The smallest absolute Gasteiger partial charge is 0.242 e. The van der Waals surface area contributed by atoms with Gasteiger partial charge < -0.3 is 10.5 Å². The maximum Gasteiger partial charge on any atom is 0.242 e. The second-order valence-electron chi connectivity index (χ2n) is 4.96. The molecule has 0 radical (unpaired) electrons. The number of nitrogens with one attached hydrogen (secondary N) is 1. The lowest BCUT2D eigenvalue weighted by atomic mass is 10.0. The maximum atomic E-state index is 12.2. The van der Waals surface area contributed by atoms with Crippen LogP contribution < -0.4 is 10.5 Å². The summed E-state index contributed by atoms with van der Waals surface area (Å²) in [5, 5.41) is 0. The fourth-order valence-electron chi connectivity index (χ4n) is 2.36. The summed E-state index contributed by atoms with van der Waals surface area (Å²) in [4.78, 5) is 4.19. The average Bonchev–Trinajstić information content (AvgIpc) is 2.93. The first-order valence-corrected chi connectivity index (χ1v) is 8.70. The van der Waals surface area contributed by atoms with Crippen molar-refractivity contribution < 1.29 is 13.2 Å². The molecule has 2 atom stereocenters. The fourth-order valence-corrected chi connectivity index (χ4v) is 3.52. The van der Waals surface area contributed by atoms with Crippen LogP contribution in [0.25, 0.3) is 0 Å². The van der Waals surface area contributed by atoms with E-state index in [-0.39, 0.29) is 21.9 Å². The second-order valence-corrected chi connectivity index (χ2v) is 7.17. The Morgan fingerprint density at radius 1 is 1.57 bits per heavy atom. The number of pyridine rings is 1. The number of sulfonamides is 1. The predicted octanol–water partition coefficient (Wildman–Crippen LogP) is 0.809. The van der Waals surface area contributed by atoms with E-state index in [1.807, 2.05) is 6.92 Å². The van der Waals surface area contributed by atoms with E-state index < -0.39 is 10.0 Å². The summed E-state index contributed by atoms with van der Waals surface area (Å²) in [7, 11) is -3.57. The van der Waals surface area contributed by atoms with Gasteiger partial charge in [0.2, 0.25) is 10.0 Å². The molecule has 1 saturated heterocycles. The van der Waals surface area contributed by atoms with Crippen LogP contribution in [-0.4, -0.2) is 37.6 Å². The van der Waals surface area contributed by atoms with Crippen LogP contribution in [0.15, 0.2) is 23.2 Å². The van der Waals surface area contributed by atoms with Gasteiger partial charge in [-0.25, -0.2) is 13.1 Å². The number of rotatable bonds is 6. The Balaban J connectivity index is 2.02. The standard InChI is InChI=1S/C13H19N3O3S2/c1-2-12-9(5-6-19-12)7-16-21(17,18)10-3-4-11(13(14)20)15-8-10/h3-4,8-9,12,16H,2,5-7H2,1H3,(H2,14,20). The summed E-state index contributed by atoms with van der Waals surface area (Å²) < 4.78 is 32.6. The summed E-state index contributed by atoms with van der Waals surface area (Å²) in [5.41, 5.74) is 5.84. The molecule has 1 aromatic rings. The zero-order chi connectivity index (χ0) is 15.5. The van der Waals surface area contributed by atoms with Gasteiger partial charge in [0.25, 0.3) is 0 Å². The largest absolute Gasteiger partial charge is 0.388 e. The molecule has 1 aliphatic heterocycles. The van der Waals surface area contributed by atoms with Gasteiger partial charge in [-0.3, -0.25) is 4.98 Å². The lowest BCUT2D eigenvalue weighted by molar-refractivity contribution is 0.0884. The number of aromatic nitrogens is 1. The third kappa shape index (κ3) is 3.97. The van der Waals surface area contributed by atoms with Gasteiger partial charge in [0.1, 0.15) is 9.88 Å². The molecule has 2 unspecified atom stereocenters. The molecule has 1 fully saturated rings. The van der Waals surface area contributed by atoms with Crippen LogP contribution in [0.2, 0.25) is 0 Å². The second kappa shape index (κ2) is 6.78. The molecule has 0 aromatic carbocycles. The number of thiocarbonyl (C=S) groups is 1. The highest BCUT2D eigenvalue weighted by Crippen LogP contribution is 2.23. The van der Waals surface area contributed by atoms with Crippen LogP contribution in [0.5, 0.6) is 0 Å². The van der Waals surface area contributed by atoms with Crippen LogP contribution in [0.4, 0.5) is 0 Å². The van der Waals surface area contributed by atoms with Crippen molar-refractivity contribution >= 4 is 27.2 Å². The van der Waals surface area contributed by atoms with E-state index >= 15 is 0 Å². The van der Waals surface area contributed by atoms with E-state index in [1.165, 1.54) is 18.3 Å². The highest BCUT2D eigenvalue weighted by Gasteiger charge is 2.28. The molecule has 0 spiro atoms. The predicted molar refractivity (Wildman–Crippen MR) is 83.5 cm³/mol. The van der Waals surface area contributed by atoms with E-state index in [2.05, 4.69) is 9.71 Å². The van der Waals surface area contributed by atoms with E-state index in [4.69, 9.17) is 22.7 Å². The van der Waals surface area contributed by atoms with Crippen molar-refractivity contribution in [2.75, 3.05) is 13.2 Å². The molecule has 6 nitrogen and oxygen atoms in total. The molecule has 0 bridgehead atoms. The van der Waals surface area contributed by atoms with Gasteiger partial charge in [0.15, 0.2) is 0 Å². The van der Waals surface area contributed by atoms with Gasteiger partial charge >= 0.3 is 0 Å². The first-order valence-electron chi connectivity index (χ1n) is 6.81. The minimum absolute atomic E-state index is 0.106. The molecule has 2 heterocycles. The van der Waals surface area contributed by atoms with Crippen molar-refractivity contribution in [3.63, 3.8) is 0 Å². The van der Waals surface area contributed by atoms with Gasteiger partial charge in [-0.15, -0.1) is 0 Å². The van der Waals surface area contributed by atoms with Crippen molar-refractivity contribution in [2.45, 2.75) is 30.8 Å². The molecule has 2 rings (SSSR count). The molecule has 1 aliphatic rings. The van der Waals surface area contributed by atoms with Crippen molar-refractivity contribution in [3.8, 4) is 0 Å². The third-order valence-corrected chi connectivity index (χ3v) is 5.20. The maximum absolute atomic E-state index is 12.2. The Kier molecular flexibility index (Phi) is 5.26. The lowest BCUT2D eigenvalue weighted by Crippen LogP contribution is -2.32. The van der Waals surface area contributed by atoms with Crippen LogP contribution in [0, 0.1) is 5.92 Å². The van der Waals surface area contributed by atoms with E-state index in [1.54, 1.807) is 0 Å². The van der Waals surface area contributed by atoms with Crippen LogP contribution in [0.3, 0.4) is 0 Å². The highest BCUT2D eigenvalue weighted by molar-refractivity contribution is 7.89. The van der Waals surface area contributed by atoms with Gasteiger partial charge in [-0.2, -0.15) is 0 Å². The van der Waals surface area contributed by atoms with Crippen molar-refractivity contribution in [1.29, 1.82) is 0 Å². The molecule has 8 heteroatoms. The lowest BCUT2D eigenvalue weighted by Gasteiger charge is -2.17. The van der Waals surface area contributed by atoms with E-state index in [9.17, 15) is 8.42 Å². The normalized spacial score (nSPS) is 22.3. The van der Waals surface area contributed by atoms with Gasteiger partial charge in [0.05, 0.1) is 11.8 Å². The number of hydrogen-bond donors (Lipinski definition) is 2. The highest BCUT2D eigenvalue weighted by atomic mass is 32.2. The summed E-state index contributed by atoms with van der Waals surface area (Å²) in [6, 6.07) is 2.96. The molecule has 0 aliphatic carbocycles. The number of hydrogen-bond acceptors (Lipinski definition) is 5. The number of nitrogens with zero attached hydrogens (tertiary/aromatic N) is 1. The van der Waals surface area contributed by atoms with Gasteiger partial charge in [0, 0.05) is 25.3 Å². The molecular weight excluding hydrogens is 310 g/mol. The topological polar surface area (TPSA) is 94.3 Å². The summed E-state index contributed by atoms with van der Waals surface area (Å²) in [6.07, 6.45) is 3.15. The van der Waals surface area contributed by atoms with E-state index in [0.29, 0.717) is 18.8 Å². The van der Waals surface area contributed by atoms with Crippen LogP contribution >= 0.6 is 12.2 Å². The zero-order valence-electron chi connectivity index (χ0n) is 11.8. The molecule has 1 aromatic heterocycles. The number of nitrogens with two attached hydrogens (primary N) is 1. The van der Waals surface area contributed by atoms with Gasteiger partial charge in [-0.1, -0.05) is 19.1 Å². The monoisotopic (exact) mass is 329 g/mol. The van der Waals surface area contributed by atoms with Crippen molar-refractivity contribution in [2.24, 2.45) is 11.7 Å². The van der Waals surface area contributed by atoms with Gasteiger partial charge in [-0.05, 0) is 25.0 Å². The summed E-state index contributed by atoms with van der Waals surface area (Å²) in [5.74, 6) is 0.216. The Hall–Kier alpha value is -1.09. The van der Waals surface area contributed by atoms with E-state index in [0.717, 1.165) is 12.8 Å². The molecule has 21 heavy (non-hydrogen) atoms. The molecular formula is C13H19N3O3S2. The minimum Gasteiger partial charge on any atom is -0.388 e. The number of ether oxygens (including phenoxy) is 1. The molecule has 116 valence electrons. The molecule has 0 amide bonds. The Bertz CT molecular complexity index is 602. The Morgan fingerprint density at radius 2 is 2.33 bits per heavy atom. The van der Waals surface area contributed by atoms with Crippen LogP contribution in [-0.2, 0) is 14.8 Å². The first-order chi connectivity index (χ1) is 9.94.